The second-order valence-electron chi connectivity index (χ2n) is 4.82. The number of nitrogens with one attached hydrogen (secondary N) is 2. The lowest BCUT2D eigenvalue weighted by Gasteiger charge is -2.29. The Morgan fingerprint density at radius 3 is 2.47 bits per heavy atom. The van der Waals surface area contributed by atoms with Crippen molar-refractivity contribution in [1.82, 2.24) is 14.9 Å². The molecule has 0 amide bonds. The van der Waals surface area contributed by atoms with Gasteiger partial charge < -0.3 is 10.2 Å². The van der Waals surface area contributed by atoms with Gasteiger partial charge in [-0.25, -0.2) is 13.1 Å². The maximum absolute atomic E-state index is 11.8. The van der Waals surface area contributed by atoms with E-state index in [0.29, 0.717) is 0 Å². The normalized spacial score (nSPS) is 19.6. The van der Waals surface area contributed by atoms with E-state index in [9.17, 15) is 8.42 Å². The SMILES string of the molecule is CNCCCCS(=O)(=O)NC1CCN(C)CC1. The predicted octanol–water partition coefficient (Wildman–Crippen LogP) is -0.000400. The molecule has 0 unspecified atom stereocenters. The van der Waals surface area contributed by atoms with Crippen LogP contribution in [0.4, 0.5) is 0 Å². The van der Waals surface area contributed by atoms with E-state index in [1.54, 1.807) is 0 Å². The number of sulfonamides is 1. The van der Waals surface area contributed by atoms with Crippen LogP contribution in [0.25, 0.3) is 0 Å². The quantitative estimate of drug-likeness (QED) is 0.635. The van der Waals surface area contributed by atoms with Crippen LogP contribution in [0.3, 0.4) is 0 Å². The molecule has 0 atom stereocenters. The van der Waals surface area contributed by atoms with Crippen LogP contribution in [0.2, 0.25) is 0 Å². The molecule has 0 radical (unpaired) electrons. The molecule has 0 saturated carbocycles. The molecule has 1 heterocycles. The highest BCUT2D eigenvalue weighted by molar-refractivity contribution is 7.89. The Kier molecular flexibility index (Phi) is 6.40. The molecule has 0 bridgehead atoms. The Morgan fingerprint density at radius 2 is 1.88 bits per heavy atom. The van der Waals surface area contributed by atoms with Crippen LogP contribution in [-0.4, -0.2) is 58.8 Å². The van der Waals surface area contributed by atoms with Crippen molar-refractivity contribution in [1.29, 1.82) is 0 Å². The molecular formula is C11H25N3O2S. The average Bonchev–Trinajstić information content (AvgIpc) is 2.27. The van der Waals surface area contributed by atoms with Gasteiger partial charge in [0.25, 0.3) is 0 Å². The summed E-state index contributed by atoms with van der Waals surface area (Å²) >= 11 is 0. The van der Waals surface area contributed by atoms with Crippen LogP contribution in [0, 0.1) is 0 Å². The highest BCUT2D eigenvalue weighted by atomic mass is 32.2. The van der Waals surface area contributed by atoms with E-state index >= 15 is 0 Å². The van der Waals surface area contributed by atoms with E-state index in [-0.39, 0.29) is 11.8 Å². The van der Waals surface area contributed by atoms with Crippen LogP contribution in [-0.2, 0) is 10.0 Å². The van der Waals surface area contributed by atoms with Crippen LogP contribution < -0.4 is 10.0 Å². The van der Waals surface area contributed by atoms with E-state index in [1.807, 2.05) is 7.05 Å². The number of rotatable bonds is 7. The Balaban J connectivity index is 2.24. The van der Waals surface area contributed by atoms with Crippen LogP contribution in [0.15, 0.2) is 0 Å². The first-order valence-corrected chi connectivity index (χ1v) is 8.02. The molecule has 0 aromatic carbocycles. The van der Waals surface area contributed by atoms with Crippen molar-refractivity contribution in [2.45, 2.75) is 31.7 Å². The van der Waals surface area contributed by atoms with Gasteiger partial charge in [-0.3, -0.25) is 0 Å². The number of unbranched alkanes of at least 4 members (excludes halogenated alkanes) is 1. The van der Waals surface area contributed by atoms with Gasteiger partial charge >= 0.3 is 0 Å². The van der Waals surface area contributed by atoms with Gasteiger partial charge in [-0.15, -0.1) is 0 Å². The fourth-order valence-corrected chi connectivity index (χ4v) is 3.48. The van der Waals surface area contributed by atoms with Crippen LogP contribution in [0.5, 0.6) is 0 Å². The predicted molar refractivity (Wildman–Crippen MR) is 70.6 cm³/mol. The summed E-state index contributed by atoms with van der Waals surface area (Å²) in [7, 11) is 0.877. The summed E-state index contributed by atoms with van der Waals surface area (Å²) in [4.78, 5) is 2.23. The standard InChI is InChI=1S/C11H25N3O2S/c1-12-7-3-4-10-17(15,16)13-11-5-8-14(2)9-6-11/h11-13H,3-10H2,1-2H3. The first-order valence-electron chi connectivity index (χ1n) is 6.36. The van der Waals surface area contributed by atoms with E-state index < -0.39 is 10.0 Å². The molecule has 1 aliphatic heterocycles. The third kappa shape index (κ3) is 6.35. The second-order valence-corrected chi connectivity index (χ2v) is 6.70. The van der Waals surface area contributed by atoms with Gasteiger partial charge in [-0.1, -0.05) is 0 Å². The first-order chi connectivity index (χ1) is 8.03. The van der Waals surface area contributed by atoms with Gasteiger partial charge in [-0.05, 0) is 59.4 Å². The molecule has 1 rings (SSSR count). The molecule has 5 nitrogen and oxygen atoms in total. The molecule has 2 N–H and O–H groups in total. The van der Waals surface area contributed by atoms with E-state index in [0.717, 1.165) is 45.3 Å². The summed E-state index contributed by atoms with van der Waals surface area (Å²) in [6.45, 7) is 2.84. The van der Waals surface area contributed by atoms with Crippen molar-refractivity contribution in [2.24, 2.45) is 0 Å². The van der Waals surface area contributed by atoms with E-state index in [2.05, 4.69) is 22.0 Å². The Bertz CT molecular complexity index is 298. The molecular weight excluding hydrogens is 238 g/mol. The van der Waals surface area contributed by atoms with Crippen molar-refractivity contribution in [3.8, 4) is 0 Å². The van der Waals surface area contributed by atoms with Crippen molar-refractivity contribution in [3.05, 3.63) is 0 Å². The summed E-state index contributed by atoms with van der Waals surface area (Å²) < 4.78 is 26.4. The van der Waals surface area contributed by atoms with Crippen LogP contribution in [0.1, 0.15) is 25.7 Å². The van der Waals surface area contributed by atoms with Gasteiger partial charge in [0, 0.05) is 6.04 Å². The molecule has 1 saturated heterocycles. The van der Waals surface area contributed by atoms with Crippen LogP contribution >= 0.6 is 0 Å². The zero-order valence-corrected chi connectivity index (χ0v) is 11.7. The van der Waals surface area contributed by atoms with Gasteiger partial charge in [0.2, 0.25) is 10.0 Å². The van der Waals surface area contributed by atoms with Gasteiger partial charge in [-0.2, -0.15) is 0 Å². The fraction of sp³-hybridized carbons (Fsp3) is 1.00. The number of likely N-dealkylation sites (tertiary alicyclic amines) is 1. The van der Waals surface area contributed by atoms with E-state index in [4.69, 9.17) is 0 Å². The third-order valence-corrected chi connectivity index (χ3v) is 4.67. The molecule has 1 aliphatic rings. The number of nitrogens with zero attached hydrogens (tertiary/aromatic N) is 1. The summed E-state index contributed by atoms with van der Waals surface area (Å²) in [5.74, 6) is 0.251. The largest absolute Gasteiger partial charge is 0.320 e. The highest BCUT2D eigenvalue weighted by Gasteiger charge is 2.21. The van der Waals surface area contributed by atoms with Gasteiger partial charge in [0.15, 0.2) is 0 Å². The van der Waals surface area contributed by atoms with Crippen molar-refractivity contribution >= 4 is 10.0 Å². The average molecular weight is 263 g/mol. The maximum atomic E-state index is 11.8. The van der Waals surface area contributed by atoms with Crippen molar-refractivity contribution in [2.75, 3.05) is 39.5 Å². The minimum Gasteiger partial charge on any atom is -0.320 e. The van der Waals surface area contributed by atoms with Crippen molar-refractivity contribution in [3.63, 3.8) is 0 Å². The number of piperidine rings is 1. The number of hydrogen-bond acceptors (Lipinski definition) is 4. The lowest BCUT2D eigenvalue weighted by Crippen LogP contribution is -2.44. The summed E-state index contributed by atoms with van der Waals surface area (Å²) in [6, 6.07) is 0.139. The summed E-state index contributed by atoms with van der Waals surface area (Å²) in [6.07, 6.45) is 3.48. The molecule has 1 fully saturated rings. The van der Waals surface area contributed by atoms with Gasteiger partial charge in [0.1, 0.15) is 0 Å². The van der Waals surface area contributed by atoms with Gasteiger partial charge in [0.05, 0.1) is 5.75 Å². The summed E-state index contributed by atoms with van der Waals surface area (Å²) in [5, 5.41) is 3.02. The highest BCUT2D eigenvalue weighted by Crippen LogP contribution is 2.09. The monoisotopic (exact) mass is 263 g/mol. The Hall–Kier alpha value is -0.170. The summed E-state index contributed by atoms with van der Waals surface area (Å²) in [5.41, 5.74) is 0. The minimum absolute atomic E-state index is 0.139. The maximum Gasteiger partial charge on any atom is 0.211 e. The second kappa shape index (κ2) is 7.31. The zero-order valence-electron chi connectivity index (χ0n) is 10.9. The topological polar surface area (TPSA) is 61.4 Å². The molecule has 0 spiro atoms. The molecule has 6 heteroatoms. The third-order valence-electron chi connectivity index (χ3n) is 3.15. The van der Waals surface area contributed by atoms with E-state index in [1.165, 1.54) is 0 Å². The smallest absolute Gasteiger partial charge is 0.211 e. The molecule has 0 aliphatic carbocycles. The minimum atomic E-state index is -3.08. The lowest BCUT2D eigenvalue weighted by atomic mass is 10.1. The first kappa shape index (κ1) is 14.9. The Labute approximate surface area is 105 Å². The zero-order chi connectivity index (χ0) is 12.7. The van der Waals surface area contributed by atoms with Crippen molar-refractivity contribution < 1.29 is 8.42 Å². The molecule has 17 heavy (non-hydrogen) atoms. The Morgan fingerprint density at radius 1 is 1.24 bits per heavy atom. The molecule has 0 aromatic rings. The number of hydrogen-bond donors (Lipinski definition) is 2. The lowest BCUT2D eigenvalue weighted by molar-refractivity contribution is 0.248. The molecule has 0 aromatic heterocycles. The fourth-order valence-electron chi connectivity index (χ4n) is 2.03. The molecule has 102 valence electrons.